The maximum atomic E-state index is 11.4. The van der Waals surface area contributed by atoms with Gasteiger partial charge in [0, 0.05) is 16.8 Å². The van der Waals surface area contributed by atoms with E-state index in [-0.39, 0.29) is 11.6 Å². The Kier molecular flexibility index (Phi) is 4.04. The number of anilines is 1. The highest BCUT2D eigenvalue weighted by Crippen LogP contribution is 2.27. The molecule has 2 rings (SSSR count). The van der Waals surface area contributed by atoms with E-state index in [1.54, 1.807) is 24.3 Å². The van der Waals surface area contributed by atoms with Crippen LogP contribution in [-0.2, 0) is 0 Å². The Morgan fingerprint density at radius 3 is 2.65 bits per heavy atom. The Hall–Kier alpha value is -1.95. The Bertz CT molecular complexity index is 652. The Morgan fingerprint density at radius 1 is 1.40 bits per heavy atom. The number of thiazole rings is 1. The zero-order chi connectivity index (χ0) is 14.9. The number of aromatic carboxylic acids is 1. The average Bonchev–Trinajstić information content (AvgIpc) is 2.74. The van der Waals surface area contributed by atoms with Gasteiger partial charge in [0.05, 0.1) is 17.4 Å². The smallest absolute Gasteiger partial charge is 0.339 e. The zero-order valence-electron chi connectivity index (χ0n) is 11.9. The first-order valence-corrected chi connectivity index (χ1v) is 7.10. The summed E-state index contributed by atoms with van der Waals surface area (Å²) in [5.74, 6) is -0.972. The van der Waals surface area contributed by atoms with Gasteiger partial charge in [0.15, 0.2) is 0 Å². The molecule has 0 aliphatic heterocycles. The molecule has 2 N–H and O–H groups in total. The van der Waals surface area contributed by atoms with Crippen molar-refractivity contribution in [1.82, 2.24) is 9.97 Å². The van der Waals surface area contributed by atoms with Crippen molar-refractivity contribution >= 4 is 23.0 Å². The van der Waals surface area contributed by atoms with Crippen LogP contribution in [-0.4, -0.2) is 21.0 Å². The van der Waals surface area contributed by atoms with Crippen LogP contribution >= 0.6 is 11.3 Å². The first-order valence-electron chi connectivity index (χ1n) is 6.29. The van der Waals surface area contributed by atoms with E-state index >= 15 is 0 Å². The number of carbonyl (C=O) groups is 1. The van der Waals surface area contributed by atoms with Gasteiger partial charge < -0.3 is 10.4 Å². The molecule has 5 nitrogen and oxygen atoms in total. The van der Waals surface area contributed by atoms with Gasteiger partial charge in [-0.05, 0) is 33.8 Å². The molecule has 0 bridgehead atoms. The fourth-order valence-electron chi connectivity index (χ4n) is 2.08. The lowest BCUT2D eigenvalue weighted by atomic mass is 10.1. The van der Waals surface area contributed by atoms with E-state index in [9.17, 15) is 9.90 Å². The third-order valence-electron chi connectivity index (χ3n) is 2.92. The van der Waals surface area contributed by atoms with Gasteiger partial charge in [0.25, 0.3) is 0 Å². The van der Waals surface area contributed by atoms with Gasteiger partial charge in [0.1, 0.15) is 10.6 Å². The van der Waals surface area contributed by atoms with Crippen LogP contribution < -0.4 is 5.32 Å². The molecule has 0 saturated heterocycles. The van der Waals surface area contributed by atoms with Crippen molar-refractivity contribution < 1.29 is 9.90 Å². The van der Waals surface area contributed by atoms with Crippen molar-refractivity contribution in [2.24, 2.45) is 0 Å². The number of hydrogen-bond acceptors (Lipinski definition) is 5. The summed E-state index contributed by atoms with van der Waals surface area (Å²) in [6, 6.07) is 1.71. The number of nitrogens with one attached hydrogen (secondary N) is 1. The summed E-state index contributed by atoms with van der Waals surface area (Å²) >= 11 is 1.60. The van der Waals surface area contributed by atoms with Crippen molar-refractivity contribution in [3.8, 4) is 0 Å². The summed E-state index contributed by atoms with van der Waals surface area (Å²) in [4.78, 5) is 21.0. The predicted molar refractivity (Wildman–Crippen MR) is 79.6 cm³/mol. The molecule has 0 aromatic carbocycles. The van der Waals surface area contributed by atoms with Gasteiger partial charge in [0.2, 0.25) is 0 Å². The number of carboxylic acid groups (broad SMARTS) is 1. The van der Waals surface area contributed by atoms with Crippen LogP contribution in [0, 0.1) is 20.8 Å². The summed E-state index contributed by atoms with van der Waals surface area (Å²) in [6.45, 7) is 7.52. The van der Waals surface area contributed by atoms with Crippen LogP contribution in [0.1, 0.15) is 44.6 Å². The van der Waals surface area contributed by atoms with Crippen molar-refractivity contribution in [3.05, 3.63) is 39.1 Å². The topological polar surface area (TPSA) is 75.1 Å². The molecule has 0 aliphatic carbocycles. The molecule has 0 amide bonds. The van der Waals surface area contributed by atoms with Gasteiger partial charge in [-0.1, -0.05) is 0 Å². The number of hydrogen-bond donors (Lipinski definition) is 2. The highest BCUT2D eigenvalue weighted by molar-refractivity contribution is 7.11. The van der Waals surface area contributed by atoms with Crippen LogP contribution in [0.5, 0.6) is 0 Å². The number of aromatic nitrogens is 2. The van der Waals surface area contributed by atoms with Crippen LogP contribution in [0.2, 0.25) is 0 Å². The van der Waals surface area contributed by atoms with Crippen molar-refractivity contribution in [2.45, 2.75) is 33.7 Å². The molecular formula is C14H17N3O2S. The SMILES string of the molecule is Cc1cc(NC(C)c2ncc(C)s2)c(C(=O)O)c(C)n1. The molecule has 1 unspecified atom stereocenters. The van der Waals surface area contributed by atoms with Gasteiger partial charge in [-0.3, -0.25) is 4.98 Å². The maximum absolute atomic E-state index is 11.4. The van der Waals surface area contributed by atoms with E-state index in [0.29, 0.717) is 11.4 Å². The van der Waals surface area contributed by atoms with Gasteiger partial charge in [-0.2, -0.15) is 0 Å². The summed E-state index contributed by atoms with van der Waals surface area (Å²) in [5, 5.41) is 13.5. The maximum Gasteiger partial charge on any atom is 0.339 e. The highest BCUT2D eigenvalue weighted by Gasteiger charge is 2.18. The lowest BCUT2D eigenvalue weighted by Gasteiger charge is -2.16. The second kappa shape index (κ2) is 5.58. The lowest BCUT2D eigenvalue weighted by molar-refractivity contribution is 0.0696. The van der Waals surface area contributed by atoms with Crippen LogP contribution in [0.3, 0.4) is 0 Å². The van der Waals surface area contributed by atoms with E-state index in [2.05, 4.69) is 15.3 Å². The van der Waals surface area contributed by atoms with E-state index in [4.69, 9.17) is 0 Å². The molecule has 1 atom stereocenters. The Morgan fingerprint density at radius 2 is 2.10 bits per heavy atom. The molecule has 6 heteroatoms. The Labute approximate surface area is 121 Å². The second-order valence-electron chi connectivity index (χ2n) is 4.75. The van der Waals surface area contributed by atoms with Crippen LogP contribution in [0.4, 0.5) is 5.69 Å². The minimum absolute atomic E-state index is 0.0481. The second-order valence-corrected chi connectivity index (χ2v) is 6.02. The summed E-state index contributed by atoms with van der Waals surface area (Å²) in [6.07, 6.45) is 1.82. The fraction of sp³-hybridized carbons (Fsp3) is 0.357. The third-order valence-corrected chi connectivity index (χ3v) is 4.02. The summed E-state index contributed by atoms with van der Waals surface area (Å²) < 4.78 is 0. The Balaban J connectivity index is 2.35. The van der Waals surface area contributed by atoms with Crippen LogP contribution in [0.25, 0.3) is 0 Å². The molecular weight excluding hydrogens is 274 g/mol. The van der Waals surface area contributed by atoms with E-state index in [1.165, 1.54) is 0 Å². The van der Waals surface area contributed by atoms with Crippen molar-refractivity contribution in [1.29, 1.82) is 0 Å². The van der Waals surface area contributed by atoms with Gasteiger partial charge >= 0.3 is 5.97 Å². The molecule has 0 radical (unpaired) electrons. The number of rotatable bonds is 4. The van der Waals surface area contributed by atoms with E-state index < -0.39 is 5.97 Å². The molecule has 20 heavy (non-hydrogen) atoms. The largest absolute Gasteiger partial charge is 0.478 e. The first kappa shape index (κ1) is 14.5. The molecule has 0 aliphatic rings. The monoisotopic (exact) mass is 291 g/mol. The van der Waals surface area contributed by atoms with Gasteiger partial charge in [-0.25, -0.2) is 9.78 Å². The predicted octanol–water partition coefficient (Wildman–Crippen LogP) is 3.33. The molecule has 106 valence electrons. The van der Waals surface area contributed by atoms with E-state index in [0.717, 1.165) is 15.6 Å². The minimum atomic E-state index is -0.972. The van der Waals surface area contributed by atoms with Crippen LogP contribution in [0.15, 0.2) is 12.3 Å². The normalized spacial score (nSPS) is 12.2. The number of pyridine rings is 1. The molecule has 2 heterocycles. The molecule has 0 fully saturated rings. The molecule has 2 aromatic heterocycles. The highest BCUT2D eigenvalue weighted by atomic mass is 32.1. The molecule has 0 spiro atoms. The van der Waals surface area contributed by atoms with Crippen molar-refractivity contribution in [3.63, 3.8) is 0 Å². The zero-order valence-corrected chi connectivity index (χ0v) is 12.7. The lowest BCUT2D eigenvalue weighted by Crippen LogP contribution is -2.13. The number of aryl methyl sites for hydroxylation is 3. The van der Waals surface area contributed by atoms with Crippen molar-refractivity contribution in [2.75, 3.05) is 5.32 Å². The molecule has 2 aromatic rings. The number of nitrogens with zero attached hydrogens (tertiary/aromatic N) is 2. The summed E-state index contributed by atoms with van der Waals surface area (Å²) in [7, 11) is 0. The first-order chi connectivity index (χ1) is 9.38. The third kappa shape index (κ3) is 2.96. The minimum Gasteiger partial charge on any atom is -0.478 e. The standard InChI is InChI=1S/C14H17N3O2S/c1-7-5-11(12(14(18)19)9(3)16-7)17-10(4)13-15-6-8(2)20-13/h5-6,10H,1-4H3,(H,16,17)(H,18,19). The van der Waals surface area contributed by atoms with E-state index in [1.807, 2.05) is 27.0 Å². The molecule has 0 saturated carbocycles. The fourth-order valence-corrected chi connectivity index (χ4v) is 2.86. The quantitative estimate of drug-likeness (QED) is 0.903. The summed E-state index contributed by atoms with van der Waals surface area (Å²) in [5.41, 5.74) is 2.11. The average molecular weight is 291 g/mol. The number of carboxylic acids is 1. The van der Waals surface area contributed by atoms with Gasteiger partial charge in [-0.15, -0.1) is 11.3 Å².